The van der Waals surface area contributed by atoms with Crippen molar-refractivity contribution in [3.05, 3.63) is 22.4 Å². The summed E-state index contributed by atoms with van der Waals surface area (Å²) in [5.41, 5.74) is 1.24. The van der Waals surface area contributed by atoms with Gasteiger partial charge in [-0.25, -0.2) is 0 Å². The SMILES string of the molecule is O=C(NCC(c1ccsc1)N1CCCCC1)C(=O)NC1CCCCCC1. The predicted octanol–water partition coefficient (Wildman–Crippen LogP) is 3.23. The lowest BCUT2D eigenvalue weighted by molar-refractivity contribution is -0.139. The Morgan fingerprint density at radius 3 is 2.38 bits per heavy atom. The molecule has 2 amide bonds. The van der Waals surface area contributed by atoms with E-state index < -0.39 is 11.8 Å². The molecule has 1 aromatic heterocycles. The number of carbonyl (C=O) groups is 2. The van der Waals surface area contributed by atoms with Crippen molar-refractivity contribution in [2.45, 2.75) is 69.9 Å². The van der Waals surface area contributed by atoms with E-state index >= 15 is 0 Å². The van der Waals surface area contributed by atoms with E-state index in [4.69, 9.17) is 0 Å². The summed E-state index contributed by atoms with van der Waals surface area (Å²) in [7, 11) is 0. The molecule has 0 radical (unpaired) electrons. The molecule has 0 bridgehead atoms. The van der Waals surface area contributed by atoms with Crippen LogP contribution in [0.25, 0.3) is 0 Å². The molecule has 1 saturated heterocycles. The molecule has 2 fully saturated rings. The van der Waals surface area contributed by atoms with Crippen molar-refractivity contribution >= 4 is 23.2 Å². The van der Waals surface area contributed by atoms with Gasteiger partial charge in [0.1, 0.15) is 0 Å². The average Bonchev–Trinajstić information content (AvgIpc) is 3.07. The van der Waals surface area contributed by atoms with Gasteiger partial charge in [-0.2, -0.15) is 11.3 Å². The second-order valence-corrected chi connectivity index (χ2v) is 8.32. The summed E-state index contributed by atoms with van der Waals surface area (Å²) in [6.07, 6.45) is 10.4. The Balaban J connectivity index is 1.52. The van der Waals surface area contributed by atoms with Crippen molar-refractivity contribution in [3.8, 4) is 0 Å². The Bertz CT molecular complexity index is 562. The predicted molar refractivity (Wildman–Crippen MR) is 105 cm³/mol. The minimum atomic E-state index is -0.494. The fourth-order valence-corrected chi connectivity index (χ4v) is 4.80. The van der Waals surface area contributed by atoms with Crippen LogP contribution in [0.4, 0.5) is 0 Å². The van der Waals surface area contributed by atoms with Gasteiger partial charge in [-0.15, -0.1) is 0 Å². The Labute approximate surface area is 160 Å². The molecule has 6 heteroatoms. The molecule has 3 rings (SSSR count). The number of amides is 2. The maximum absolute atomic E-state index is 12.3. The van der Waals surface area contributed by atoms with Gasteiger partial charge in [0.25, 0.3) is 0 Å². The van der Waals surface area contributed by atoms with Gasteiger partial charge >= 0.3 is 11.8 Å². The first kappa shape index (κ1) is 19.4. The van der Waals surface area contributed by atoms with Crippen LogP contribution in [-0.4, -0.2) is 42.4 Å². The zero-order chi connectivity index (χ0) is 18.2. The molecule has 0 aromatic carbocycles. The molecule has 1 aliphatic carbocycles. The van der Waals surface area contributed by atoms with Gasteiger partial charge in [-0.05, 0) is 61.2 Å². The number of likely N-dealkylation sites (tertiary alicyclic amines) is 1. The zero-order valence-corrected chi connectivity index (χ0v) is 16.4. The van der Waals surface area contributed by atoms with Crippen molar-refractivity contribution in [3.63, 3.8) is 0 Å². The van der Waals surface area contributed by atoms with Crippen LogP contribution in [0.15, 0.2) is 16.8 Å². The lowest BCUT2D eigenvalue weighted by Crippen LogP contribution is -2.47. The summed E-state index contributed by atoms with van der Waals surface area (Å²) in [5, 5.41) is 10.0. The van der Waals surface area contributed by atoms with E-state index in [2.05, 4.69) is 32.4 Å². The first-order valence-electron chi connectivity index (χ1n) is 10.1. The number of carbonyl (C=O) groups excluding carboxylic acids is 2. The highest BCUT2D eigenvalue weighted by Gasteiger charge is 2.25. The van der Waals surface area contributed by atoms with E-state index in [-0.39, 0.29) is 12.1 Å². The lowest BCUT2D eigenvalue weighted by atomic mass is 10.0. The van der Waals surface area contributed by atoms with E-state index in [1.165, 1.54) is 37.7 Å². The Morgan fingerprint density at radius 2 is 1.73 bits per heavy atom. The fraction of sp³-hybridized carbons (Fsp3) is 0.700. The molecule has 2 aliphatic rings. The first-order valence-corrected chi connectivity index (χ1v) is 11.0. The number of nitrogens with zero attached hydrogens (tertiary/aromatic N) is 1. The molecule has 144 valence electrons. The van der Waals surface area contributed by atoms with E-state index in [9.17, 15) is 9.59 Å². The summed E-state index contributed by atoms with van der Waals surface area (Å²) < 4.78 is 0. The summed E-state index contributed by atoms with van der Waals surface area (Å²) in [4.78, 5) is 27.0. The van der Waals surface area contributed by atoms with Crippen molar-refractivity contribution < 1.29 is 9.59 Å². The zero-order valence-electron chi connectivity index (χ0n) is 15.5. The molecule has 26 heavy (non-hydrogen) atoms. The second kappa shape index (κ2) is 10.1. The maximum atomic E-state index is 12.3. The summed E-state index contributed by atoms with van der Waals surface area (Å²) in [5.74, 6) is -0.967. The number of thiophene rings is 1. The molecule has 1 atom stereocenters. The van der Waals surface area contributed by atoms with Gasteiger partial charge in [0.05, 0.1) is 6.04 Å². The number of hydrogen-bond acceptors (Lipinski definition) is 4. The van der Waals surface area contributed by atoms with Crippen LogP contribution in [0.3, 0.4) is 0 Å². The Hall–Kier alpha value is -1.40. The first-order chi connectivity index (χ1) is 12.7. The molecule has 0 spiro atoms. The molecular weight excluding hydrogens is 346 g/mol. The highest BCUT2D eigenvalue weighted by molar-refractivity contribution is 7.07. The number of nitrogens with one attached hydrogen (secondary N) is 2. The minimum absolute atomic E-state index is 0.158. The van der Waals surface area contributed by atoms with Crippen LogP contribution in [0.5, 0.6) is 0 Å². The normalized spacial score (nSPS) is 20.9. The molecule has 5 nitrogen and oxygen atoms in total. The number of hydrogen-bond donors (Lipinski definition) is 2. The smallest absolute Gasteiger partial charge is 0.309 e. The van der Waals surface area contributed by atoms with Gasteiger partial charge < -0.3 is 10.6 Å². The Morgan fingerprint density at radius 1 is 1.04 bits per heavy atom. The molecular formula is C20H31N3O2S. The number of rotatable bonds is 5. The van der Waals surface area contributed by atoms with Gasteiger partial charge in [-0.1, -0.05) is 32.1 Å². The molecule has 1 saturated carbocycles. The summed E-state index contributed by atoms with van der Waals surface area (Å²) in [6.45, 7) is 2.61. The van der Waals surface area contributed by atoms with E-state index in [1.807, 2.05) is 0 Å². The third-order valence-corrected chi connectivity index (χ3v) is 6.31. The highest BCUT2D eigenvalue weighted by atomic mass is 32.1. The third-order valence-electron chi connectivity index (χ3n) is 5.61. The Kier molecular flexibility index (Phi) is 7.50. The minimum Gasteiger partial charge on any atom is -0.346 e. The van der Waals surface area contributed by atoms with Gasteiger partial charge in [0.2, 0.25) is 0 Å². The van der Waals surface area contributed by atoms with Crippen molar-refractivity contribution in [1.29, 1.82) is 0 Å². The van der Waals surface area contributed by atoms with Gasteiger partial charge in [-0.3, -0.25) is 14.5 Å². The standard InChI is InChI=1S/C20H31N3O2S/c24-19(20(25)22-17-8-4-1-2-5-9-17)21-14-18(16-10-13-26-15-16)23-11-6-3-7-12-23/h10,13,15,17-18H,1-9,11-12,14H2,(H,21,24)(H,22,25). The van der Waals surface area contributed by atoms with Crippen LogP contribution in [0, 0.1) is 0 Å². The van der Waals surface area contributed by atoms with E-state index in [0.717, 1.165) is 38.8 Å². The monoisotopic (exact) mass is 377 g/mol. The average molecular weight is 378 g/mol. The fourth-order valence-electron chi connectivity index (χ4n) is 4.10. The molecule has 2 heterocycles. The second-order valence-electron chi connectivity index (χ2n) is 7.54. The summed E-state index contributed by atoms with van der Waals surface area (Å²) >= 11 is 1.68. The molecule has 1 aliphatic heterocycles. The molecule has 1 unspecified atom stereocenters. The van der Waals surface area contributed by atoms with Crippen LogP contribution >= 0.6 is 11.3 Å². The van der Waals surface area contributed by atoms with Crippen molar-refractivity contribution in [2.75, 3.05) is 19.6 Å². The maximum Gasteiger partial charge on any atom is 0.309 e. The lowest BCUT2D eigenvalue weighted by Gasteiger charge is -2.34. The topological polar surface area (TPSA) is 61.4 Å². The van der Waals surface area contributed by atoms with Crippen LogP contribution in [0.2, 0.25) is 0 Å². The van der Waals surface area contributed by atoms with Gasteiger partial charge in [0, 0.05) is 12.6 Å². The van der Waals surface area contributed by atoms with E-state index in [0.29, 0.717) is 6.54 Å². The van der Waals surface area contributed by atoms with Crippen LogP contribution in [-0.2, 0) is 9.59 Å². The molecule has 1 aromatic rings. The van der Waals surface area contributed by atoms with Crippen LogP contribution in [0.1, 0.15) is 69.4 Å². The summed E-state index contributed by atoms with van der Waals surface area (Å²) in [6, 6.07) is 2.45. The van der Waals surface area contributed by atoms with E-state index in [1.54, 1.807) is 11.3 Å². The third kappa shape index (κ3) is 5.55. The van der Waals surface area contributed by atoms with Gasteiger partial charge in [0.15, 0.2) is 0 Å². The quantitative estimate of drug-likeness (QED) is 0.612. The highest BCUT2D eigenvalue weighted by Crippen LogP contribution is 2.25. The van der Waals surface area contributed by atoms with Crippen molar-refractivity contribution in [2.24, 2.45) is 0 Å². The largest absolute Gasteiger partial charge is 0.346 e. The number of piperidine rings is 1. The van der Waals surface area contributed by atoms with Crippen molar-refractivity contribution in [1.82, 2.24) is 15.5 Å². The molecule has 2 N–H and O–H groups in total. The van der Waals surface area contributed by atoms with Crippen LogP contribution < -0.4 is 10.6 Å².